The van der Waals surface area contributed by atoms with Crippen molar-refractivity contribution < 1.29 is 0 Å². The Morgan fingerprint density at radius 3 is 2.43 bits per heavy atom. The quantitative estimate of drug-likeness (QED) is 0.871. The van der Waals surface area contributed by atoms with Crippen LogP contribution in [0.15, 0.2) is 24.3 Å². The highest BCUT2D eigenvalue weighted by atomic mass is 35.5. The monoisotopic (exact) mass is 309 g/mol. The molecule has 1 aromatic rings. The van der Waals surface area contributed by atoms with Crippen molar-refractivity contribution >= 4 is 17.3 Å². The Kier molecular flexibility index (Phi) is 6.34. The fourth-order valence-corrected chi connectivity index (χ4v) is 2.99. The Labute approximate surface area is 134 Å². The van der Waals surface area contributed by atoms with Gasteiger partial charge in [-0.25, -0.2) is 0 Å². The highest BCUT2D eigenvalue weighted by Crippen LogP contribution is 2.21. The van der Waals surface area contributed by atoms with Crippen LogP contribution in [-0.4, -0.2) is 50.2 Å². The van der Waals surface area contributed by atoms with E-state index in [2.05, 4.69) is 48.0 Å². The molecular weight excluding hydrogens is 282 g/mol. The third-order valence-corrected chi connectivity index (χ3v) is 4.34. The van der Waals surface area contributed by atoms with Gasteiger partial charge in [0.15, 0.2) is 0 Å². The van der Waals surface area contributed by atoms with Gasteiger partial charge in [-0.05, 0) is 37.6 Å². The molecule has 0 radical (unpaired) electrons. The van der Waals surface area contributed by atoms with Crippen LogP contribution in [0, 0.1) is 5.92 Å². The van der Waals surface area contributed by atoms with E-state index in [1.165, 1.54) is 5.69 Å². The Morgan fingerprint density at radius 2 is 1.81 bits per heavy atom. The van der Waals surface area contributed by atoms with Crippen molar-refractivity contribution in [1.82, 2.24) is 10.2 Å². The normalized spacial score (nSPS) is 18.2. The van der Waals surface area contributed by atoms with Crippen LogP contribution in [-0.2, 0) is 0 Å². The molecule has 1 unspecified atom stereocenters. The minimum absolute atomic E-state index is 0.602. The van der Waals surface area contributed by atoms with Crippen LogP contribution in [0.2, 0.25) is 5.02 Å². The van der Waals surface area contributed by atoms with E-state index in [1.807, 2.05) is 12.1 Å². The predicted octanol–water partition coefficient (Wildman–Crippen LogP) is 3.10. The topological polar surface area (TPSA) is 18.5 Å². The van der Waals surface area contributed by atoms with Crippen molar-refractivity contribution in [3.05, 3.63) is 29.3 Å². The van der Waals surface area contributed by atoms with Crippen LogP contribution in [0.25, 0.3) is 0 Å². The van der Waals surface area contributed by atoms with Crippen molar-refractivity contribution in [2.45, 2.75) is 26.8 Å². The Balaban J connectivity index is 1.77. The average molecular weight is 310 g/mol. The fraction of sp³-hybridized carbons (Fsp3) is 0.647. The van der Waals surface area contributed by atoms with E-state index < -0.39 is 0 Å². The molecule has 0 aromatic heterocycles. The van der Waals surface area contributed by atoms with Crippen molar-refractivity contribution in [3.63, 3.8) is 0 Å². The van der Waals surface area contributed by atoms with Gasteiger partial charge in [0.2, 0.25) is 0 Å². The molecule has 1 saturated heterocycles. The van der Waals surface area contributed by atoms with Crippen molar-refractivity contribution in [2.75, 3.05) is 44.2 Å². The molecule has 0 bridgehead atoms. The van der Waals surface area contributed by atoms with E-state index in [0.29, 0.717) is 6.04 Å². The lowest BCUT2D eigenvalue weighted by atomic mass is 10.2. The molecule has 1 aliphatic rings. The van der Waals surface area contributed by atoms with Gasteiger partial charge >= 0.3 is 0 Å². The summed E-state index contributed by atoms with van der Waals surface area (Å²) in [6.45, 7) is 13.4. The first kappa shape index (κ1) is 16.6. The van der Waals surface area contributed by atoms with Crippen molar-refractivity contribution in [2.24, 2.45) is 5.92 Å². The smallest absolute Gasteiger partial charge is 0.0426 e. The van der Waals surface area contributed by atoms with Gasteiger partial charge in [0.05, 0.1) is 0 Å². The summed E-state index contributed by atoms with van der Waals surface area (Å²) in [6.07, 6.45) is 0. The molecule has 0 aliphatic carbocycles. The summed E-state index contributed by atoms with van der Waals surface area (Å²) in [5, 5.41) is 4.38. The van der Waals surface area contributed by atoms with Gasteiger partial charge < -0.3 is 10.2 Å². The molecule has 0 saturated carbocycles. The Bertz CT molecular complexity index is 428. The van der Waals surface area contributed by atoms with E-state index in [0.717, 1.165) is 50.2 Å². The van der Waals surface area contributed by atoms with Crippen LogP contribution < -0.4 is 10.2 Å². The number of halogens is 1. The molecule has 3 nitrogen and oxygen atoms in total. The van der Waals surface area contributed by atoms with Gasteiger partial charge in [0.1, 0.15) is 0 Å². The summed E-state index contributed by atoms with van der Waals surface area (Å²) in [6, 6.07) is 8.77. The molecule has 1 aromatic carbocycles. The Hall–Kier alpha value is -0.770. The number of piperazine rings is 1. The highest BCUT2D eigenvalue weighted by molar-refractivity contribution is 6.30. The molecule has 118 valence electrons. The summed E-state index contributed by atoms with van der Waals surface area (Å²) in [4.78, 5) is 5.00. The van der Waals surface area contributed by atoms with Crippen LogP contribution in [0.5, 0.6) is 0 Å². The minimum Gasteiger partial charge on any atom is -0.369 e. The van der Waals surface area contributed by atoms with Crippen LogP contribution >= 0.6 is 11.6 Å². The van der Waals surface area contributed by atoms with E-state index in [-0.39, 0.29) is 0 Å². The lowest BCUT2D eigenvalue weighted by Gasteiger charge is -2.39. The molecule has 1 N–H and O–H groups in total. The maximum absolute atomic E-state index is 6.08. The first-order chi connectivity index (χ1) is 10.1. The summed E-state index contributed by atoms with van der Waals surface area (Å²) < 4.78 is 0. The number of nitrogens with zero attached hydrogens (tertiary/aromatic N) is 2. The first-order valence-electron chi connectivity index (χ1n) is 8.01. The third-order valence-electron chi connectivity index (χ3n) is 4.10. The van der Waals surface area contributed by atoms with E-state index >= 15 is 0 Å². The molecular formula is C17H28ClN3. The zero-order chi connectivity index (χ0) is 15.2. The van der Waals surface area contributed by atoms with Crippen LogP contribution in [0.3, 0.4) is 0 Å². The van der Waals surface area contributed by atoms with Gasteiger partial charge in [-0.1, -0.05) is 31.5 Å². The van der Waals surface area contributed by atoms with Gasteiger partial charge in [-0.2, -0.15) is 0 Å². The second-order valence-electron chi connectivity index (χ2n) is 6.40. The number of hydrogen-bond donors (Lipinski definition) is 1. The molecule has 1 aliphatic heterocycles. The molecule has 0 spiro atoms. The number of anilines is 1. The molecule has 1 atom stereocenters. The van der Waals surface area contributed by atoms with Gasteiger partial charge in [-0.15, -0.1) is 0 Å². The van der Waals surface area contributed by atoms with Crippen LogP contribution in [0.4, 0.5) is 5.69 Å². The standard InChI is InChI=1S/C17H28ClN3/c1-14(2)12-19-13-15(3)20-7-9-21(10-8-20)17-6-4-5-16(18)11-17/h4-6,11,14-15,19H,7-10,12-13H2,1-3H3. The van der Waals surface area contributed by atoms with Crippen molar-refractivity contribution in [3.8, 4) is 0 Å². The summed E-state index contributed by atoms with van der Waals surface area (Å²) in [5.41, 5.74) is 1.24. The SMILES string of the molecule is CC(C)CNCC(C)N1CCN(c2cccc(Cl)c2)CC1. The Morgan fingerprint density at radius 1 is 1.10 bits per heavy atom. The summed E-state index contributed by atoms with van der Waals surface area (Å²) >= 11 is 6.08. The van der Waals surface area contributed by atoms with Crippen molar-refractivity contribution in [1.29, 1.82) is 0 Å². The summed E-state index contributed by atoms with van der Waals surface area (Å²) in [5.74, 6) is 0.719. The largest absolute Gasteiger partial charge is 0.369 e. The average Bonchev–Trinajstić information content (AvgIpc) is 2.47. The lowest BCUT2D eigenvalue weighted by Crippen LogP contribution is -2.52. The predicted molar refractivity (Wildman–Crippen MR) is 92.4 cm³/mol. The number of hydrogen-bond acceptors (Lipinski definition) is 3. The second kappa shape index (κ2) is 8.02. The number of rotatable bonds is 6. The van der Waals surface area contributed by atoms with Gasteiger partial charge in [0, 0.05) is 49.5 Å². The minimum atomic E-state index is 0.602. The van der Waals surface area contributed by atoms with Crippen LogP contribution in [0.1, 0.15) is 20.8 Å². The fourth-order valence-electron chi connectivity index (χ4n) is 2.80. The number of benzene rings is 1. The van der Waals surface area contributed by atoms with E-state index in [1.54, 1.807) is 0 Å². The van der Waals surface area contributed by atoms with Gasteiger partial charge in [0.25, 0.3) is 0 Å². The molecule has 1 heterocycles. The molecule has 1 fully saturated rings. The number of nitrogens with one attached hydrogen (secondary N) is 1. The van der Waals surface area contributed by atoms with E-state index in [9.17, 15) is 0 Å². The first-order valence-corrected chi connectivity index (χ1v) is 8.39. The zero-order valence-electron chi connectivity index (χ0n) is 13.5. The second-order valence-corrected chi connectivity index (χ2v) is 6.84. The molecule has 0 amide bonds. The van der Waals surface area contributed by atoms with E-state index in [4.69, 9.17) is 11.6 Å². The molecule has 4 heteroatoms. The lowest BCUT2D eigenvalue weighted by molar-refractivity contribution is 0.192. The zero-order valence-corrected chi connectivity index (χ0v) is 14.2. The molecule has 21 heavy (non-hydrogen) atoms. The maximum Gasteiger partial charge on any atom is 0.0426 e. The highest BCUT2D eigenvalue weighted by Gasteiger charge is 2.21. The maximum atomic E-state index is 6.08. The third kappa shape index (κ3) is 5.17. The molecule has 2 rings (SSSR count). The van der Waals surface area contributed by atoms with Gasteiger partial charge in [-0.3, -0.25) is 4.90 Å². The summed E-state index contributed by atoms with van der Waals surface area (Å²) in [7, 11) is 0.